The average Bonchev–Trinajstić information content (AvgIpc) is 3.31. The number of rotatable bonds is 7. The molecule has 8 heteroatoms. The Balaban J connectivity index is 1.32. The van der Waals surface area contributed by atoms with Crippen LogP contribution in [0.3, 0.4) is 0 Å². The minimum Gasteiger partial charge on any atom is -0.487 e. The number of carbonyl (C=O) groups is 1. The van der Waals surface area contributed by atoms with Gasteiger partial charge >= 0.3 is 6.03 Å². The number of urea groups is 1. The number of ether oxygens (including phenoxy) is 1. The molecule has 1 aromatic heterocycles. The molecule has 5 rings (SSSR count). The summed E-state index contributed by atoms with van der Waals surface area (Å²) in [5, 5.41) is 11.3. The molecule has 204 valence electrons. The number of fused-ring (bicyclic) bond motifs is 2. The number of pyridine rings is 1. The third-order valence-electron chi connectivity index (χ3n) is 7.55. The van der Waals surface area contributed by atoms with Crippen molar-refractivity contribution < 1.29 is 14.6 Å². The molecule has 0 bridgehead atoms. The van der Waals surface area contributed by atoms with Crippen molar-refractivity contribution in [3.05, 3.63) is 99.8 Å². The van der Waals surface area contributed by atoms with Gasteiger partial charge in [-0.1, -0.05) is 41.9 Å². The number of likely N-dealkylation sites (tertiary alicyclic amines) is 1. The van der Waals surface area contributed by atoms with Crippen molar-refractivity contribution in [2.45, 2.75) is 51.5 Å². The summed E-state index contributed by atoms with van der Waals surface area (Å²) in [7, 11) is 0. The fourth-order valence-corrected chi connectivity index (χ4v) is 5.52. The molecular weight excluding hydrogens is 512 g/mol. The number of amides is 2. The maximum atomic E-state index is 12.3. The first-order chi connectivity index (χ1) is 18.7. The van der Waals surface area contributed by atoms with Crippen LogP contribution in [0, 0.1) is 0 Å². The van der Waals surface area contributed by atoms with Crippen LogP contribution < -0.4 is 10.5 Å². The van der Waals surface area contributed by atoms with Crippen molar-refractivity contribution in [2.75, 3.05) is 19.6 Å². The molecule has 2 aromatic carbocycles. The lowest BCUT2D eigenvalue weighted by Crippen LogP contribution is -2.44. The number of hydrogen-bond donors (Lipinski definition) is 2. The van der Waals surface area contributed by atoms with Gasteiger partial charge in [0.2, 0.25) is 0 Å². The molecule has 0 aliphatic carbocycles. The van der Waals surface area contributed by atoms with Crippen molar-refractivity contribution in [2.24, 2.45) is 5.73 Å². The monoisotopic (exact) mass is 546 g/mol. The van der Waals surface area contributed by atoms with E-state index in [1.54, 1.807) is 24.9 Å². The van der Waals surface area contributed by atoms with E-state index in [0.29, 0.717) is 18.2 Å². The quantitative estimate of drug-likeness (QED) is 0.418. The maximum absolute atomic E-state index is 12.3. The molecule has 0 radical (unpaired) electrons. The van der Waals surface area contributed by atoms with Crippen LogP contribution in [0.15, 0.2) is 66.9 Å². The third kappa shape index (κ3) is 6.27. The van der Waals surface area contributed by atoms with E-state index in [9.17, 15) is 9.90 Å². The Labute approximate surface area is 234 Å². The fourth-order valence-electron chi connectivity index (χ4n) is 5.39. The molecule has 1 fully saturated rings. The highest BCUT2D eigenvalue weighted by molar-refractivity contribution is 6.30. The molecule has 0 saturated carbocycles. The first kappa shape index (κ1) is 27.2. The molecule has 3 aromatic rings. The molecule has 7 nitrogen and oxygen atoms in total. The Kier molecular flexibility index (Phi) is 7.93. The SMILES string of the molecule is CC(C)(O)c1ccc2c(c1)/C(=C\CCN1CC[C@@H](N(Cc3ccc(Cl)cc3)C(N)=O)C1)c1cccnc1CO2. The number of nitrogens with zero attached hydrogens (tertiary/aromatic N) is 3. The molecule has 3 heterocycles. The second-order valence-corrected chi connectivity index (χ2v) is 11.2. The van der Waals surface area contributed by atoms with Gasteiger partial charge in [0.15, 0.2) is 0 Å². The summed E-state index contributed by atoms with van der Waals surface area (Å²) < 4.78 is 6.12. The molecule has 0 unspecified atom stereocenters. The van der Waals surface area contributed by atoms with Gasteiger partial charge in [0.25, 0.3) is 0 Å². The fraction of sp³-hybridized carbons (Fsp3) is 0.355. The highest BCUT2D eigenvalue weighted by Gasteiger charge is 2.30. The Hall–Kier alpha value is -3.39. The maximum Gasteiger partial charge on any atom is 0.315 e. The van der Waals surface area contributed by atoms with Crippen LogP contribution >= 0.6 is 11.6 Å². The topological polar surface area (TPSA) is 91.9 Å². The normalized spacial score (nSPS) is 18.3. The molecule has 2 amide bonds. The van der Waals surface area contributed by atoms with Gasteiger partial charge in [0.1, 0.15) is 12.4 Å². The van der Waals surface area contributed by atoms with E-state index in [0.717, 1.165) is 71.7 Å². The van der Waals surface area contributed by atoms with Crippen molar-refractivity contribution in [3.63, 3.8) is 0 Å². The predicted molar refractivity (Wildman–Crippen MR) is 153 cm³/mol. The van der Waals surface area contributed by atoms with Gasteiger partial charge in [0, 0.05) is 54.6 Å². The number of nitrogens with two attached hydrogens (primary N) is 1. The van der Waals surface area contributed by atoms with Crippen LogP contribution in [0.4, 0.5) is 4.79 Å². The first-order valence-corrected chi connectivity index (χ1v) is 13.7. The Morgan fingerprint density at radius 3 is 2.77 bits per heavy atom. The molecule has 1 atom stereocenters. The number of aromatic nitrogens is 1. The number of benzene rings is 2. The summed E-state index contributed by atoms with van der Waals surface area (Å²) in [6.07, 6.45) is 5.73. The van der Waals surface area contributed by atoms with Gasteiger partial charge < -0.3 is 25.4 Å². The number of carbonyl (C=O) groups excluding carboxylic acids is 1. The van der Waals surface area contributed by atoms with Gasteiger partial charge in [-0.3, -0.25) is 4.98 Å². The van der Waals surface area contributed by atoms with Crippen molar-refractivity contribution >= 4 is 23.2 Å². The Morgan fingerprint density at radius 1 is 1.23 bits per heavy atom. The molecule has 2 aliphatic heterocycles. The van der Waals surface area contributed by atoms with Crippen molar-refractivity contribution in [1.82, 2.24) is 14.8 Å². The average molecular weight is 547 g/mol. The van der Waals surface area contributed by atoms with Gasteiger partial charge in [0.05, 0.1) is 11.3 Å². The number of aliphatic hydroxyl groups is 1. The molecule has 39 heavy (non-hydrogen) atoms. The first-order valence-electron chi connectivity index (χ1n) is 13.4. The van der Waals surface area contributed by atoms with E-state index >= 15 is 0 Å². The van der Waals surface area contributed by atoms with Crippen LogP contribution in [-0.4, -0.2) is 51.6 Å². The zero-order chi connectivity index (χ0) is 27.6. The Morgan fingerprint density at radius 2 is 2.03 bits per heavy atom. The summed E-state index contributed by atoms with van der Waals surface area (Å²) in [6, 6.07) is 17.1. The lowest BCUT2D eigenvalue weighted by molar-refractivity contribution is 0.0785. The third-order valence-corrected chi connectivity index (χ3v) is 7.80. The standard InChI is InChI=1S/C31H35ClN4O3/c1-31(2,38)22-9-12-29-27(17-22)25(26-5-3-14-34-28(26)20-39-29)6-4-15-35-16-13-24(19-35)36(30(33)37)18-21-7-10-23(32)11-8-21/h3,5-12,14,17,24,38H,4,13,15-16,18-20H2,1-2H3,(H2,33,37)/b25-6-/t24-/m1/s1. The van der Waals surface area contributed by atoms with E-state index in [1.807, 2.05) is 48.5 Å². The molecule has 2 aliphatic rings. The number of halogens is 1. The smallest absolute Gasteiger partial charge is 0.315 e. The summed E-state index contributed by atoms with van der Waals surface area (Å²) in [5.41, 5.74) is 10.6. The van der Waals surface area contributed by atoms with E-state index in [1.165, 1.54) is 0 Å². The highest BCUT2D eigenvalue weighted by Crippen LogP contribution is 2.38. The van der Waals surface area contributed by atoms with Gasteiger partial charge in [-0.25, -0.2) is 4.79 Å². The van der Waals surface area contributed by atoms with Crippen molar-refractivity contribution in [3.8, 4) is 5.75 Å². The summed E-state index contributed by atoms with van der Waals surface area (Å²) in [6.45, 7) is 6.98. The van der Waals surface area contributed by atoms with Crippen LogP contribution in [0.1, 0.15) is 54.6 Å². The van der Waals surface area contributed by atoms with Gasteiger partial charge in [-0.15, -0.1) is 0 Å². The van der Waals surface area contributed by atoms with Crippen LogP contribution in [0.5, 0.6) is 5.75 Å². The van der Waals surface area contributed by atoms with E-state index in [2.05, 4.69) is 22.0 Å². The second kappa shape index (κ2) is 11.4. The minimum absolute atomic E-state index is 0.0668. The largest absolute Gasteiger partial charge is 0.487 e. The molecule has 0 spiro atoms. The van der Waals surface area contributed by atoms with Crippen LogP contribution in [0.25, 0.3) is 5.57 Å². The zero-order valence-electron chi connectivity index (χ0n) is 22.4. The predicted octanol–water partition coefficient (Wildman–Crippen LogP) is 5.33. The van der Waals surface area contributed by atoms with Gasteiger partial charge in [-0.2, -0.15) is 0 Å². The lowest BCUT2D eigenvalue weighted by atomic mass is 9.90. The number of hydrogen-bond acceptors (Lipinski definition) is 5. The summed E-state index contributed by atoms with van der Waals surface area (Å²) in [4.78, 5) is 21.0. The zero-order valence-corrected chi connectivity index (χ0v) is 23.2. The summed E-state index contributed by atoms with van der Waals surface area (Å²) >= 11 is 6.02. The van der Waals surface area contributed by atoms with Crippen molar-refractivity contribution in [1.29, 1.82) is 0 Å². The van der Waals surface area contributed by atoms with E-state index < -0.39 is 11.6 Å². The second-order valence-electron chi connectivity index (χ2n) is 10.8. The Bertz CT molecular complexity index is 1370. The van der Waals surface area contributed by atoms with Crippen LogP contribution in [0.2, 0.25) is 5.02 Å². The summed E-state index contributed by atoms with van der Waals surface area (Å²) in [5.74, 6) is 0.785. The van der Waals surface area contributed by atoms with Crippen LogP contribution in [-0.2, 0) is 18.8 Å². The number of primary amides is 1. The molecular formula is C31H35ClN4O3. The van der Waals surface area contributed by atoms with E-state index in [4.69, 9.17) is 22.1 Å². The highest BCUT2D eigenvalue weighted by atomic mass is 35.5. The lowest BCUT2D eigenvalue weighted by Gasteiger charge is -2.27. The molecule has 1 saturated heterocycles. The van der Waals surface area contributed by atoms with Gasteiger partial charge in [-0.05, 0) is 73.7 Å². The molecule has 3 N–H and O–H groups in total. The van der Waals surface area contributed by atoms with E-state index in [-0.39, 0.29) is 6.04 Å². The minimum atomic E-state index is -0.965.